The van der Waals surface area contributed by atoms with E-state index in [0.717, 1.165) is 18.7 Å². The zero-order chi connectivity index (χ0) is 12.9. The Balaban J connectivity index is 2.93. The lowest BCUT2D eigenvalue weighted by molar-refractivity contribution is -0.150. The molecule has 0 amide bonds. The molecule has 0 unspecified atom stereocenters. The highest BCUT2D eigenvalue weighted by Gasteiger charge is 2.36. The summed E-state index contributed by atoms with van der Waals surface area (Å²) in [6.07, 6.45) is 2.86. The van der Waals surface area contributed by atoms with Crippen molar-refractivity contribution in [2.45, 2.75) is 53.0 Å². The zero-order valence-electron chi connectivity index (χ0n) is 10.7. The van der Waals surface area contributed by atoms with E-state index in [1.165, 1.54) is 0 Å². The lowest BCUT2D eigenvalue weighted by Crippen LogP contribution is -2.35. The maximum absolute atomic E-state index is 11.4. The standard InChI is InChI=1S/C11H20N4O2/c1-4-7-9-12-13-14-15(9)8-11(5-2,6-3)10(16)17/h4-8H2,1-3H3,(H,16,17). The summed E-state index contributed by atoms with van der Waals surface area (Å²) < 4.78 is 1.63. The van der Waals surface area contributed by atoms with E-state index in [0.29, 0.717) is 19.4 Å². The summed E-state index contributed by atoms with van der Waals surface area (Å²) in [6, 6.07) is 0. The second kappa shape index (κ2) is 5.75. The first kappa shape index (κ1) is 13.6. The van der Waals surface area contributed by atoms with Gasteiger partial charge in [-0.3, -0.25) is 4.79 Å². The highest BCUT2D eigenvalue weighted by molar-refractivity contribution is 5.74. The van der Waals surface area contributed by atoms with Crippen LogP contribution in [-0.4, -0.2) is 31.3 Å². The van der Waals surface area contributed by atoms with Crippen LogP contribution in [0.3, 0.4) is 0 Å². The first-order valence-electron chi connectivity index (χ1n) is 6.08. The molecule has 1 rings (SSSR count). The molecule has 0 radical (unpaired) electrons. The van der Waals surface area contributed by atoms with Gasteiger partial charge in [-0.2, -0.15) is 0 Å². The van der Waals surface area contributed by atoms with Crippen LogP contribution in [0, 0.1) is 5.41 Å². The van der Waals surface area contributed by atoms with Gasteiger partial charge in [0.2, 0.25) is 0 Å². The van der Waals surface area contributed by atoms with Gasteiger partial charge in [0.25, 0.3) is 0 Å². The Labute approximate surface area is 101 Å². The quantitative estimate of drug-likeness (QED) is 0.781. The van der Waals surface area contributed by atoms with Gasteiger partial charge in [-0.05, 0) is 29.7 Å². The van der Waals surface area contributed by atoms with E-state index in [2.05, 4.69) is 15.5 Å². The third-order valence-electron chi connectivity index (χ3n) is 3.34. The SMILES string of the molecule is CCCc1nnnn1CC(CC)(CC)C(=O)O. The van der Waals surface area contributed by atoms with E-state index >= 15 is 0 Å². The van der Waals surface area contributed by atoms with Crippen LogP contribution < -0.4 is 0 Å². The molecule has 0 fully saturated rings. The number of carboxylic acid groups (broad SMARTS) is 1. The number of aryl methyl sites for hydroxylation is 1. The van der Waals surface area contributed by atoms with E-state index < -0.39 is 11.4 Å². The van der Waals surface area contributed by atoms with Crippen molar-refractivity contribution in [3.63, 3.8) is 0 Å². The van der Waals surface area contributed by atoms with Crippen LogP contribution in [0.25, 0.3) is 0 Å². The molecule has 0 atom stereocenters. The normalized spacial score (nSPS) is 11.7. The Morgan fingerprint density at radius 3 is 2.47 bits per heavy atom. The molecule has 0 aliphatic heterocycles. The third kappa shape index (κ3) is 2.81. The molecule has 17 heavy (non-hydrogen) atoms. The molecule has 0 spiro atoms. The molecule has 1 heterocycles. The summed E-state index contributed by atoms with van der Waals surface area (Å²) in [5.41, 5.74) is -0.766. The fourth-order valence-electron chi connectivity index (χ4n) is 1.88. The van der Waals surface area contributed by atoms with Crippen LogP contribution in [-0.2, 0) is 17.8 Å². The molecule has 0 saturated heterocycles. The lowest BCUT2D eigenvalue weighted by atomic mass is 9.82. The number of tetrazole rings is 1. The monoisotopic (exact) mass is 240 g/mol. The number of nitrogens with zero attached hydrogens (tertiary/aromatic N) is 4. The molecule has 0 aliphatic carbocycles. The molecular formula is C11H20N4O2. The van der Waals surface area contributed by atoms with Gasteiger partial charge < -0.3 is 5.11 Å². The predicted octanol–water partition coefficient (Wildman–Crippen LogP) is 1.52. The maximum atomic E-state index is 11.4. The van der Waals surface area contributed by atoms with Crippen LogP contribution in [0.15, 0.2) is 0 Å². The maximum Gasteiger partial charge on any atom is 0.311 e. The first-order valence-corrected chi connectivity index (χ1v) is 6.08. The minimum Gasteiger partial charge on any atom is -0.481 e. The van der Waals surface area contributed by atoms with Crippen LogP contribution in [0.5, 0.6) is 0 Å². The van der Waals surface area contributed by atoms with Gasteiger partial charge in [0, 0.05) is 6.42 Å². The van der Waals surface area contributed by atoms with Crippen molar-refractivity contribution in [3.8, 4) is 0 Å². The number of hydrogen-bond acceptors (Lipinski definition) is 4. The van der Waals surface area contributed by atoms with Gasteiger partial charge in [-0.15, -0.1) is 5.10 Å². The molecule has 96 valence electrons. The molecule has 6 nitrogen and oxygen atoms in total. The Bertz CT molecular complexity index is 371. The summed E-state index contributed by atoms with van der Waals surface area (Å²) in [6.45, 7) is 6.17. The Kier molecular flexibility index (Phi) is 4.60. The van der Waals surface area contributed by atoms with Crippen LogP contribution in [0.1, 0.15) is 45.9 Å². The van der Waals surface area contributed by atoms with Gasteiger partial charge in [0.15, 0.2) is 5.82 Å². The number of hydrogen-bond donors (Lipinski definition) is 1. The topological polar surface area (TPSA) is 80.9 Å². The molecule has 6 heteroatoms. The van der Waals surface area contributed by atoms with Crippen molar-refractivity contribution >= 4 is 5.97 Å². The molecule has 0 bridgehead atoms. The predicted molar refractivity (Wildman–Crippen MR) is 62.5 cm³/mol. The number of rotatable bonds is 7. The van der Waals surface area contributed by atoms with Crippen molar-refractivity contribution in [2.75, 3.05) is 0 Å². The summed E-state index contributed by atoms with van der Waals surface area (Å²) in [7, 11) is 0. The molecule has 1 aromatic heterocycles. The average molecular weight is 240 g/mol. The van der Waals surface area contributed by atoms with Gasteiger partial charge in [-0.1, -0.05) is 20.8 Å². The number of aromatic nitrogens is 4. The highest BCUT2D eigenvalue weighted by atomic mass is 16.4. The molecule has 0 aromatic carbocycles. The van der Waals surface area contributed by atoms with Crippen LogP contribution in [0.2, 0.25) is 0 Å². The minimum absolute atomic E-state index is 0.345. The summed E-state index contributed by atoms with van der Waals surface area (Å²) in [5, 5.41) is 20.8. The minimum atomic E-state index is -0.777. The van der Waals surface area contributed by atoms with Crippen molar-refractivity contribution in [3.05, 3.63) is 5.82 Å². The molecule has 1 aromatic rings. The van der Waals surface area contributed by atoms with E-state index in [1.807, 2.05) is 20.8 Å². The van der Waals surface area contributed by atoms with E-state index in [-0.39, 0.29) is 0 Å². The lowest BCUT2D eigenvalue weighted by Gasteiger charge is -2.26. The Morgan fingerprint density at radius 1 is 1.35 bits per heavy atom. The summed E-state index contributed by atoms with van der Waals surface area (Å²) in [4.78, 5) is 11.4. The highest BCUT2D eigenvalue weighted by Crippen LogP contribution is 2.29. The third-order valence-corrected chi connectivity index (χ3v) is 3.34. The second-order valence-electron chi connectivity index (χ2n) is 4.30. The van der Waals surface area contributed by atoms with Crippen molar-refractivity contribution in [1.29, 1.82) is 0 Å². The average Bonchev–Trinajstić information content (AvgIpc) is 2.73. The van der Waals surface area contributed by atoms with Gasteiger partial charge in [0.05, 0.1) is 12.0 Å². The molecule has 0 saturated carbocycles. The summed E-state index contributed by atoms with van der Waals surface area (Å²) >= 11 is 0. The molecule has 1 N–H and O–H groups in total. The van der Waals surface area contributed by atoms with E-state index in [9.17, 15) is 9.90 Å². The van der Waals surface area contributed by atoms with Crippen molar-refractivity contribution < 1.29 is 9.90 Å². The van der Waals surface area contributed by atoms with Crippen molar-refractivity contribution in [1.82, 2.24) is 20.2 Å². The van der Waals surface area contributed by atoms with Gasteiger partial charge in [-0.25, -0.2) is 4.68 Å². The van der Waals surface area contributed by atoms with Gasteiger partial charge in [0.1, 0.15) is 0 Å². The molecule has 0 aliphatic rings. The Morgan fingerprint density at radius 2 is 2.00 bits per heavy atom. The van der Waals surface area contributed by atoms with Crippen LogP contribution >= 0.6 is 0 Å². The number of carboxylic acids is 1. The smallest absolute Gasteiger partial charge is 0.311 e. The fourth-order valence-corrected chi connectivity index (χ4v) is 1.88. The first-order chi connectivity index (χ1) is 8.09. The summed E-state index contributed by atoms with van der Waals surface area (Å²) in [5.74, 6) is -0.0135. The van der Waals surface area contributed by atoms with Crippen LogP contribution in [0.4, 0.5) is 0 Å². The Hall–Kier alpha value is -1.46. The largest absolute Gasteiger partial charge is 0.481 e. The van der Waals surface area contributed by atoms with E-state index in [4.69, 9.17) is 0 Å². The molecular weight excluding hydrogens is 220 g/mol. The van der Waals surface area contributed by atoms with E-state index in [1.54, 1.807) is 4.68 Å². The van der Waals surface area contributed by atoms with Gasteiger partial charge >= 0.3 is 5.97 Å². The number of carbonyl (C=O) groups is 1. The zero-order valence-corrected chi connectivity index (χ0v) is 10.7. The second-order valence-corrected chi connectivity index (χ2v) is 4.30. The fraction of sp³-hybridized carbons (Fsp3) is 0.818. The van der Waals surface area contributed by atoms with Crippen molar-refractivity contribution in [2.24, 2.45) is 5.41 Å². The number of aliphatic carboxylic acids is 1.